The van der Waals surface area contributed by atoms with Crippen molar-refractivity contribution in [3.63, 3.8) is 0 Å². The topological polar surface area (TPSA) is 89.5 Å². The molecule has 1 unspecified atom stereocenters. The smallest absolute Gasteiger partial charge is 0.251 e. The predicted molar refractivity (Wildman–Crippen MR) is 74.5 cm³/mol. The van der Waals surface area contributed by atoms with Gasteiger partial charge < -0.3 is 20.3 Å². The molecule has 2 N–H and O–H groups in total. The van der Waals surface area contributed by atoms with Gasteiger partial charge in [-0.05, 0) is 36.2 Å². The van der Waals surface area contributed by atoms with E-state index >= 15 is 0 Å². The van der Waals surface area contributed by atoms with Gasteiger partial charge >= 0.3 is 0 Å². The summed E-state index contributed by atoms with van der Waals surface area (Å²) < 4.78 is 0. The molecule has 2 rings (SSSR count). The van der Waals surface area contributed by atoms with E-state index < -0.39 is 17.9 Å². The van der Waals surface area contributed by atoms with Gasteiger partial charge in [0.05, 0.1) is 12.0 Å². The number of carbonyl (C=O) groups is 2. The molecule has 2 aromatic carbocycles. The van der Waals surface area contributed by atoms with Crippen LogP contribution in [-0.2, 0) is 11.2 Å². The average molecular weight is 284 g/mol. The van der Waals surface area contributed by atoms with Crippen LogP contribution in [0.2, 0.25) is 0 Å². The second-order valence-electron chi connectivity index (χ2n) is 4.58. The molecule has 0 fully saturated rings. The van der Waals surface area contributed by atoms with Crippen LogP contribution in [0.5, 0.6) is 5.75 Å². The van der Waals surface area contributed by atoms with Crippen molar-refractivity contribution >= 4 is 11.9 Å². The number of amides is 1. The fourth-order valence-electron chi connectivity index (χ4n) is 1.89. The van der Waals surface area contributed by atoms with E-state index in [9.17, 15) is 19.8 Å². The Labute approximate surface area is 121 Å². The molecular weight excluding hydrogens is 270 g/mol. The van der Waals surface area contributed by atoms with Crippen LogP contribution in [0.1, 0.15) is 15.9 Å². The molecule has 2 aromatic rings. The van der Waals surface area contributed by atoms with Crippen LogP contribution in [0.15, 0.2) is 54.6 Å². The van der Waals surface area contributed by atoms with Gasteiger partial charge in [-0.25, -0.2) is 0 Å². The van der Waals surface area contributed by atoms with Crippen molar-refractivity contribution in [2.24, 2.45) is 0 Å². The molecule has 1 amide bonds. The highest BCUT2D eigenvalue weighted by atomic mass is 16.4. The first kappa shape index (κ1) is 14.6. The number of aromatic hydroxyl groups is 1. The molecule has 1 atom stereocenters. The van der Waals surface area contributed by atoms with Crippen LogP contribution in [0.25, 0.3) is 0 Å². The lowest BCUT2D eigenvalue weighted by Crippen LogP contribution is -2.49. The zero-order valence-electron chi connectivity index (χ0n) is 11.2. The Bertz CT molecular complexity index is 622. The Morgan fingerprint density at radius 3 is 2.24 bits per heavy atom. The molecule has 108 valence electrons. The lowest BCUT2D eigenvalue weighted by atomic mass is 10.1. The molecule has 0 heterocycles. The SMILES string of the molecule is O=C(NC(Cc1ccc(O)cc1)C(=O)[O-])c1ccccc1. The molecular formula is C16H14NO4-. The maximum absolute atomic E-state index is 12.0. The molecule has 21 heavy (non-hydrogen) atoms. The van der Waals surface area contributed by atoms with Crippen LogP contribution in [-0.4, -0.2) is 23.0 Å². The lowest BCUT2D eigenvalue weighted by molar-refractivity contribution is -0.308. The Hall–Kier alpha value is -2.82. The zero-order chi connectivity index (χ0) is 15.2. The molecule has 0 radical (unpaired) electrons. The van der Waals surface area contributed by atoms with E-state index in [1.54, 1.807) is 42.5 Å². The largest absolute Gasteiger partial charge is 0.548 e. The molecule has 0 bridgehead atoms. The third kappa shape index (κ3) is 4.07. The summed E-state index contributed by atoms with van der Waals surface area (Å²) in [5.41, 5.74) is 1.06. The van der Waals surface area contributed by atoms with Crippen molar-refractivity contribution in [1.29, 1.82) is 0 Å². The number of hydrogen-bond donors (Lipinski definition) is 2. The van der Waals surface area contributed by atoms with Gasteiger partial charge in [-0.15, -0.1) is 0 Å². The van der Waals surface area contributed by atoms with Crippen LogP contribution in [0.3, 0.4) is 0 Å². The van der Waals surface area contributed by atoms with Crippen LogP contribution in [0, 0.1) is 0 Å². The third-order valence-electron chi connectivity index (χ3n) is 3.00. The number of hydrogen-bond acceptors (Lipinski definition) is 4. The summed E-state index contributed by atoms with van der Waals surface area (Å²) >= 11 is 0. The summed E-state index contributed by atoms with van der Waals surface area (Å²) in [6.45, 7) is 0. The molecule has 0 aliphatic carbocycles. The van der Waals surface area contributed by atoms with Gasteiger partial charge in [0.15, 0.2) is 0 Å². The number of nitrogens with one attached hydrogen (secondary N) is 1. The van der Waals surface area contributed by atoms with Gasteiger partial charge in [0.25, 0.3) is 5.91 Å². The van der Waals surface area contributed by atoms with Gasteiger partial charge in [-0.2, -0.15) is 0 Å². The van der Waals surface area contributed by atoms with E-state index in [1.165, 1.54) is 12.1 Å². The summed E-state index contributed by atoms with van der Waals surface area (Å²) in [6.07, 6.45) is 0.0845. The number of rotatable bonds is 5. The maximum atomic E-state index is 12.0. The lowest BCUT2D eigenvalue weighted by Gasteiger charge is -2.20. The Morgan fingerprint density at radius 2 is 1.67 bits per heavy atom. The predicted octanol–water partition coefficient (Wildman–Crippen LogP) is 0.483. The molecule has 0 spiro atoms. The summed E-state index contributed by atoms with van der Waals surface area (Å²) in [5.74, 6) is -1.73. The first-order chi connectivity index (χ1) is 10.1. The average Bonchev–Trinajstić information content (AvgIpc) is 2.49. The van der Waals surface area contributed by atoms with Gasteiger partial charge in [0.1, 0.15) is 5.75 Å². The number of carboxylic acid groups (broad SMARTS) is 1. The van der Waals surface area contributed by atoms with E-state index in [0.29, 0.717) is 11.1 Å². The van der Waals surface area contributed by atoms with Crippen molar-refractivity contribution in [2.75, 3.05) is 0 Å². The number of carbonyl (C=O) groups excluding carboxylic acids is 2. The van der Waals surface area contributed by atoms with E-state index in [1.807, 2.05) is 0 Å². The minimum atomic E-state index is -1.35. The fraction of sp³-hybridized carbons (Fsp3) is 0.125. The van der Waals surface area contributed by atoms with Gasteiger partial charge in [-0.3, -0.25) is 4.79 Å². The number of phenols is 1. The van der Waals surface area contributed by atoms with Crippen LogP contribution >= 0.6 is 0 Å². The third-order valence-corrected chi connectivity index (χ3v) is 3.00. The normalized spacial score (nSPS) is 11.6. The highest BCUT2D eigenvalue weighted by Gasteiger charge is 2.15. The summed E-state index contributed by atoms with van der Waals surface area (Å²) in [4.78, 5) is 23.1. The first-order valence-electron chi connectivity index (χ1n) is 6.41. The van der Waals surface area contributed by atoms with Crippen LogP contribution < -0.4 is 10.4 Å². The summed E-state index contributed by atoms with van der Waals surface area (Å²) in [7, 11) is 0. The Kier molecular flexibility index (Phi) is 4.56. The van der Waals surface area contributed by atoms with Crippen molar-refractivity contribution in [1.82, 2.24) is 5.32 Å². The second kappa shape index (κ2) is 6.56. The minimum Gasteiger partial charge on any atom is -0.548 e. The number of aliphatic carboxylic acids is 1. The number of phenolic OH excluding ortho intramolecular Hbond substituents is 1. The molecule has 5 nitrogen and oxygen atoms in total. The zero-order valence-corrected chi connectivity index (χ0v) is 11.2. The fourth-order valence-corrected chi connectivity index (χ4v) is 1.89. The summed E-state index contributed by atoms with van der Waals surface area (Å²) in [5, 5.41) is 22.8. The number of benzene rings is 2. The maximum Gasteiger partial charge on any atom is 0.251 e. The molecule has 0 aliphatic heterocycles. The minimum absolute atomic E-state index is 0.0845. The van der Waals surface area contributed by atoms with Gasteiger partial charge in [0.2, 0.25) is 0 Å². The van der Waals surface area contributed by atoms with Crippen molar-refractivity contribution < 1.29 is 19.8 Å². The van der Waals surface area contributed by atoms with E-state index in [-0.39, 0.29) is 12.2 Å². The number of carboxylic acids is 1. The monoisotopic (exact) mass is 284 g/mol. The Morgan fingerprint density at radius 1 is 1.05 bits per heavy atom. The molecule has 0 saturated heterocycles. The van der Waals surface area contributed by atoms with Gasteiger partial charge in [-0.1, -0.05) is 30.3 Å². The van der Waals surface area contributed by atoms with E-state index in [4.69, 9.17) is 0 Å². The first-order valence-corrected chi connectivity index (χ1v) is 6.41. The van der Waals surface area contributed by atoms with Crippen molar-refractivity contribution in [3.8, 4) is 5.75 Å². The highest BCUT2D eigenvalue weighted by molar-refractivity contribution is 5.96. The molecule has 0 saturated carbocycles. The Balaban J connectivity index is 2.07. The highest BCUT2D eigenvalue weighted by Crippen LogP contribution is 2.11. The van der Waals surface area contributed by atoms with Crippen molar-refractivity contribution in [2.45, 2.75) is 12.5 Å². The van der Waals surface area contributed by atoms with E-state index in [0.717, 1.165) is 0 Å². The molecule has 0 aromatic heterocycles. The van der Waals surface area contributed by atoms with Gasteiger partial charge in [0, 0.05) is 5.56 Å². The second-order valence-corrected chi connectivity index (χ2v) is 4.58. The van der Waals surface area contributed by atoms with Crippen molar-refractivity contribution in [3.05, 3.63) is 65.7 Å². The van der Waals surface area contributed by atoms with Crippen LogP contribution in [0.4, 0.5) is 0 Å². The van der Waals surface area contributed by atoms with E-state index in [2.05, 4.69) is 5.32 Å². The summed E-state index contributed by atoms with van der Waals surface area (Å²) in [6, 6.07) is 13.3. The quantitative estimate of drug-likeness (QED) is 0.836. The molecule has 5 heteroatoms. The standard InChI is InChI=1S/C16H15NO4/c18-13-8-6-11(7-9-13)10-14(16(20)21)17-15(19)12-4-2-1-3-5-12/h1-9,14,18H,10H2,(H,17,19)(H,20,21)/p-1. The molecule has 0 aliphatic rings.